The number of aromatic nitrogens is 2. The Hall–Kier alpha value is -1.94. The Labute approximate surface area is 118 Å². The SMILES string of the molecule is O=c1c2cccnc2c(Br)cn1Cc1ccccc1. The molecule has 0 aliphatic heterocycles. The molecule has 3 nitrogen and oxygen atoms in total. The minimum absolute atomic E-state index is 0.0184. The molecule has 0 spiro atoms. The van der Waals surface area contributed by atoms with Crippen molar-refractivity contribution in [1.29, 1.82) is 0 Å². The Bertz CT molecular complexity index is 781. The lowest BCUT2D eigenvalue weighted by Crippen LogP contribution is -2.20. The summed E-state index contributed by atoms with van der Waals surface area (Å²) in [6, 6.07) is 13.5. The van der Waals surface area contributed by atoms with E-state index >= 15 is 0 Å². The largest absolute Gasteiger partial charge is 0.309 e. The van der Waals surface area contributed by atoms with Gasteiger partial charge in [0.1, 0.15) is 0 Å². The molecule has 0 bridgehead atoms. The average molecular weight is 315 g/mol. The zero-order valence-electron chi connectivity index (χ0n) is 10.1. The molecular weight excluding hydrogens is 304 g/mol. The van der Waals surface area contributed by atoms with Gasteiger partial charge in [-0.2, -0.15) is 0 Å². The molecular formula is C15H11BrN2O. The van der Waals surface area contributed by atoms with Crippen molar-refractivity contribution in [1.82, 2.24) is 9.55 Å². The third kappa shape index (κ3) is 2.31. The van der Waals surface area contributed by atoms with Crippen molar-refractivity contribution in [3.63, 3.8) is 0 Å². The van der Waals surface area contributed by atoms with Crippen LogP contribution in [-0.4, -0.2) is 9.55 Å². The normalized spacial score (nSPS) is 10.8. The molecule has 0 saturated carbocycles. The maximum Gasteiger partial charge on any atom is 0.260 e. The van der Waals surface area contributed by atoms with E-state index in [1.807, 2.05) is 30.3 Å². The van der Waals surface area contributed by atoms with Crippen LogP contribution < -0.4 is 5.56 Å². The molecule has 3 aromatic rings. The van der Waals surface area contributed by atoms with Gasteiger partial charge in [-0.3, -0.25) is 9.78 Å². The molecule has 0 saturated heterocycles. The van der Waals surface area contributed by atoms with E-state index in [0.29, 0.717) is 17.4 Å². The number of nitrogens with zero attached hydrogens (tertiary/aromatic N) is 2. The first-order chi connectivity index (χ1) is 9.25. The zero-order valence-corrected chi connectivity index (χ0v) is 11.7. The van der Waals surface area contributed by atoms with Gasteiger partial charge < -0.3 is 4.57 Å². The Morgan fingerprint density at radius 3 is 2.68 bits per heavy atom. The lowest BCUT2D eigenvalue weighted by molar-refractivity contribution is 0.764. The summed E-state index contributed by atoms with van der Waals surface area (Å²) < 4.78 is 2.53. The van der Waals surface area contributed by atoms with E-state index in [0.717, 1.165) is 10.0 Å². The van der Waals surface area contributed by atoms with E-state index in [9.17, 15) is 4.79 Å². The minimum Gasteiger partial charge on any atom is -0.309 e. The monoisotopic (exact) mass is 314 g/mol. The van der Waals surface area contributed by atoms with Crippen molar-refractivity contribution in [3.8, 4) is 0 Å². The molecule has 0 unspecified atom stereocenters. The molecule has 0 aliphatic carbocycles. The fourth-order valence-electron chi connectivity index (χ4n) is 2.08. The van der Waals surface area contributed by atoms with E-state index < -0.39 is 0 Å². The Morgan fingerprint density at radius 2 is 1.89 bits per heavy atom. The highest BCUT2D eigenvalue weighted by molar-refractivity contribution is 9.10. The number of hydrogen-bond donors (Lipinski definition) is 0. The maximum atomic E-state index is 12.4. The van der Waals surface area contributed by atoms with Gasteiger partial charge in [-0.1, -0.05) is 30.3 Å². The summed E-state index contributed by atoms with van der Waals surface area (Å²) in [5.41, 5.74) is 1.78. The van der Waals surface area contributed by atoms with Gasteiger partial charge >= 0.3 is 0 Å². The molecule has 94 valence electrons. The number of hydrogen-bond acceptors (Lipinski definition) is 2. The van der Waals surface area contributed by atoms with Crippen LogP contribution in [0.15, 0.2) is 64.1 Å². The molecule has 0 atom stereocenters. The Balaban J connectivity index is 2.15. The van der Waals surface area contributed by atoms with Crippen LogP contribution in [0.4, 0.5) is 0 Å². The number of pyridine rings is 2. The van der Waals surface area contributed by atoms with Crippen LogP contribution in [0, 0.1) is 0 Å². The molecule has 0 fully saturated rings. The van der Waals surface area contributed by atoms with Gasteiger partial charge in [0.25, 0.3) is 5.56 Å². The summed E-state index contributed by atoms with van der Waals surface area (Å²) in [7, 11) is 0. The highest BCUT2D eigenvalue weighted by atomic mass is 79.9. The summed E-state index contributed by atoms with van der Waals surface area (Å²) >= 11 is 3.47. The van der Waals surface area contributed by atoms with Crippen LogP contribution in [0.2, 0.25) is 0 Å². The van der Waals surface area contributed by atoms with E-state index in [4.69, 9.17) is 0 Å². The van der Waals surface area contributed by atoms with E-state index in [2.05, 4.69) is 20.9 Å². The molecule has 1 aromatic carbocycles. The highest BCUT2D eigenvalue weighted by Crippen LogP contribution is 2.18. The Morgan fingerprint density at radius 1 is 1.11 bits per heavy atom. The van der Waals surface area contributed by atoms with Gasteiger partial charge in [0.15, 0.2) is 0 Å². The average Bonchev–Trinajstić information content (AvgIpc) is 2.46. The first-order valence-electron chi connectivity index (χ1n) is 5.93. The van der Waals surface area contributed by atoms with E-state index in [1.165, 1.54) is 0 Å². The van der Waals surface area contributed by atoms with Crippen LogP contribution in [0.1, 0.15) is 5.56 Å². The summed E-state index contributed by atoms with van der Waals surface area (Å²) in [5, 5.41) is 0.632. The van der Waals surface area contributed by atoms with Crippen LogP contribution in [0.3, 0.4) is 0 Å². The third-order valence-electron chi connectivity index (χ3n) is 2.99. The first-order valence-corrected chi connectivity index (χ1v) is 6.72. The summed E-state index contributed by atoms with van der Waals surface area (Å²) in [6.45, 7) is 0.559. The van der Waals surface area contributed by atoms with Gasteiger partial charge in [0.2, 0.25) is 0 Å². The van der Waals surface area contributed by atoms with Crippen LogP contribution in [0.5, 0.6) is 0 Å². The van der Waals surface area contributed by atoms with Crippen LogP contribution in [-0.2, 0) is 6.54 Å². The van der Waals surface area contributed by atoms with Gasteiger partial charge in [0.05, 0.1) is 21.9 Å². The van der Waals surface area contributed by atoms with E-state index in [-0.39, 0.29) is 5.56 Å². The van der Waals surface area contributed by atoms with Gasteiger partial charge in [0, 0.05) is 12.4 Å². The number of halogens is 1. The van der Waals surface area contributed by atoms with Gasteiger partial charge in [-0.25, -0.2) is 0 Å². The molecule has 3 rings (SSSR count). The molecule has 4 heteroatoms. The standard InChI is InChI=1S/C15H11BrN2O/c16-13-10-18(9-11-5-2-1-3-6-11)15(19)12-7-4-8-17-14(12)13/h1-8,10H,9H2. The van der Waals surface area contributed by atoms with Crippen molar-refractivity contribution in [2.75, 3.05) is 0 Å². The molecule has 0 radical (unpaired) electrons. The second-order valence-corrected chi connectivity index (χ2v) is 5.15. The van der Waals surface area contributed by atoms with Crippen molar-refractivity contribution in [3.05, 3.63) is 75.2 Å². The van der Waals surface area contributed by atoms with Crippen molar-refractivity contribution in [2.24, 2.45) is 0 Å². The number of rotatable bonds is 2. The van der Waals surface area contributed by atoms with Gasteiger partial charge in [-0.05, 0) is 33.6 Å². The summed E-state index contributed by atoms with van der Waals surface area (Å²) in [4.78, 5) is 16.6. The number of benzene rings is 1. The molecule has 0 aliphatic rings. The van der Waals surface area contributed by atoms with Crippen molar-refractivity contribution >= 4 is 26.8 Å². The first kappa shape index (κ1) is 12.1. The third-order valence-corrected chi connectivity index (χ3v) is 3.57. The van der Waals surface area contributed by atoms with Crippen LogP contribution >= 0.6 is 15.9 Å². The lowest BCUT2D eigenvalue weighted by Gasteiger charge is -2.08. The molecule has 2 heterocycles. The molecule has 19 heavy (non-hydrogen) atoms. The topological polar surface area (TPSA) is 34.9 Å². The van der Waals surface area contributed by atoms with Crippen LogP contribution in [0.25, 0.3) is 10.9 Å². The highest BCUT2D eigenvalue weighted by Gasteiger charge is 2.07. The van der Waals surface area contributed by atoms with Crippen molar-refractivity contribution in [2.45, 2.75) is 6.54 Å². The molecule has 0 N–H and O–H groups in total. The maximum absolute atomic E-state index is 12.4. The quantitative estimate of drug-likeness (QED) is 0.728. The predicted molar refractivity (Wildman–Crippen MR) is 79.2 cm³/mol. The predicted octanol–water partition coefficient (Wildman–Crippen LogP) is 3.21. The van der Waals surface area contributed by atoms with Gasteiger partial charge in [-0.15, -0.1) is 0 Å². The second-order valence-electron chi connectivity index (χ2n) is 4.30. The second kappa shape index (κ2) is 4.97. The summed E-state index contributed by atoms with van der Waals surface area (Å²) in [6.07, 6.45) is 3.48. The molecule has 2 aromatic heterocycles. The summed E-state index contributed by atoms with van der Waals surface area (Å²) in [5.74, 6) is 0. The van der Waals surface area contributed by atoms with E-state index in [1.54, 1.807) is 29.1 Å². The number of fused-ring (bicyclic) bond motifs is 1. The lowest BCUT2D eigenvalue weighted by atomic mass is 10.2. The Kier molecular flexibility index (Phi) is 3.17. The minimum atomic E-state index is -0.0184. The van der Waals surface area contributed by atoms with Crippen molar-refractivity contribution < 1.29 is 0 Å². The fourth-order valence-corrected chi connectivity index (χ4v) is 2.64. The molecule has 0 amide bonds. The smallest absolute Gasteiger partial charge is 0.260 e. The fraction of sp³-hybridized carbons (Fsp3) is 0.0667. The zero-order chi connectivity index (χ0) is 13.2.